The Balaban J connectivity index is 0.00000284. The molecule has 70 heavy (non-hydrogen) atoms. The molecule has 0 saturated heterocycles. The van der Waals surface area contributed by atoms with Gasteiger partial charge in [0.25, 0.3) is 0 Å². The molecule has 0 aliphatic carbocycles. The Bertz CT molecular complexity index is 3130. The predicted octanol–water partition coefficient (Wildman–Crippen LogP) is 12.0. The molecule has 0 fully saturated rings. The number of hydrogen-bond donors (Lipinski definition) is 0. The van der Waals surface area contributed by atoms with Crippen LogP contribution in [-0.2, 0) is 42.1 Å². The summed E-state index contributed by atoms with van der Waals surface area (Å²) in [5.74, 6) is 1.26. The summed E-state index contributed by atoms with van der Waals surface area (Å²) in [5, 5.41) is 1.75. The minimum Gasteiger partial charge on any atom is -0.519 e. The molecule has 5 aromatic carbocycles. The molecule has 4 aliphatic heterocycles. The van der Waals surface area contributed by atoms with Crippen LogP contribution in [-0.4, -0.2) is 14.5 Å². The zero-order chi connectivity index (χ0) is 46.0. The Morgan fingerprint density at radius 3 is 0.971 bits per heavy atom. The molecule has 4 aliphatic rings. The van der Waals surface area contributed by atoms with E-state index in [1.54, 1.807) is 0 Å². The molecule has 13 heteroatoms. The number of aromatic nitrogens is 3. The topological polar surface area (TPSA) is 56.6 Å². The van der Waals surface area contributed by atoms with Gasteiger partial charge in [-0.3, -0.25) is 9.97 Å². The summed E-state index contributed by atoms with van der Waals surface area (Å²) >= 11 is 0. The number of nitrogens with zero attached hydrogens (tertiary/aromatic N) is 11. The molecule has 0 N–H and O–H groups in total. The molecule has 348 valence electrons. The first-order valence-corrected chi connectivity index (χ1v) is 22.5. The van der Waals surface area contributed by atoms with Gasteiger partial charge < -0.3 is 55.9 Å². The molecule has 7 heterocycles. The Morgan fingerprint density at radius 1 is 0.357 bits per heavy atom. The van der Waals surface area contributed by atoms with Crippen molar-refractivity contribution in [2.75, 3.05) is 39.2 Å². The van der Waals surface area contributed by atoms with Crippen molar-refractivity contribution in [3.8, 4) is 5.69 Å². The van der Waals surface area contributed by atoms with Crippen molar-refractivity contribution < 1.29 is 42.1 Å². The van der Waals surface area contributed by atoms with E-state index in [1.807, 2.05) is 60.3 Å². The van der Waals surface area contributed by atoms with Gasteiger partial charge in [-0.15, -0.1) is 44.6 Å². The fourth-order valence-corrected chi connectivity index (χ4v) is 8.73. The molecular formula is C57H45N11Pt2. The van der Waals surface area contributed by atoms with Gasteiger partial charge in [0.1, 0.15) is 0 Å². The molecular weight excluding hydrogens is 1230 g/mol. The second kappa shape index (κ2) is 19.0. The van der Waals surface area contributed by atoms with Gasteiger partial charge in [-0.25, -0.2) is 33.4 Å². The summed E-state index contributed by atoms with van der Waals surface area (Å²) in [5.41, 5.74) is 14.0. The van der Waals surface area contributed by atoms with Gasteiger partial charge in [0, 0.05) is 34.4 Å². The molecule has 0 radical (unpaired) electrons. The number of pyridine rings is 2. The van der Waals surface area contributed by atoms with Crippen molar-refractivity contribution in [3.63, 3.8) is 0 Å². The van der Waals surface area contributed by atoms with E-state index >= 15 is 0 Å². The number of anilines is 8. The third-order valence-electron chi connectivity index (χ3n) is 12.6. The second-order valence-corrected chi connectivity index (χ2v) is 17.4. The fraction of sp³-hybridized carbons (Fsp3) is 0.0877. The van der Waals surface area contributed by atoms with Crippen LogP contribution in [0.5, 0.6) is 0 Å². The van der Waals surface area contributed by atoms with E-state index in [1.165, 1.54) is 22.3 Å². The van der Waals surface area contributed by atoms with Crippen LogP contribution in [0.15, 0.2) is 159 Å². The van der Waals surface area contributed by atoms with Gasteiger partial charge in [-0.1, -0.05) is 83.2 Å². The van der Waals surface area contributed by atoms with Crippen molar-refractivity contribution >= 4 is 67.6 Å². The van der Waals surface area contributed by atoms with Gasteiger partial charge >= 0.3 is 42.1 Å². The van der Waals surface area contributed by atoms with Crippen LogP contribution >= 0.6 is 0 Å². The molecule has 0 spiro atoms. The van der Waals surface area contributed by atoms with Gasteiger partial charge in [-0.2, -0.15) is 12.1 Å². The van der Waals surface area contributed by atoms with Gasteiger partial charge in [0.15, 0.2) is 0 Å². The maximum atomic E-state index is 4.99. The molecule has 3 aromatic heterocycles. The van der Waals surface area contributed by atoms with Crippen molar-refractivity contribution in [3.05, 3.63) is 238 Å². The SMILES string of the molecule is Cc1ccc(N2C=CN(c3[c-]c4c(cn3)c3cnc(N5C=CN(c6ccc(C)cc6)[CH-]5)[c-]c3n4-c3[c-]c(N4C=CN(c5ccc(C)cc5)[CH-]4)c(C)c(N4C=CN(c5ccc(C)cc5)[CH-]4)[c-]3)[CH-]2)cc1.[Pt+4].[Pt+4]. The third kappa shape index (κ3) is 8.67. The Hall–Kier alpha value is -7.06. The minimum atomic E-state index is 0. The fourth-order valence-electron chi connectivity index (χ4n) is 8.73. The molecule has 0 amide bonds. The van der Waals surface area contributed by atoms with E-state index in [0.29, 0.717) is 17.3 Å². The van der Waals surface area contributed by atoms with Crippen LogP contribution in [0.1, 0.15) is 27.8 Å². The average Bonchev–Trinajstić information content (AvgIpc) is 4.23. The quantitative estimate of drug-likeness (QED) is 0.131. The largest absolute Gasteiger partial charge is 4.00 e. The van der Waals surface area contributed by atoms with Crippen LogP contribution < -0.4 is 39.2 Å². The molecule has 0 saturated carbocycles. The van der Waals surface area contributed by atoms with E-state index < -0.39 is 0 Å². The monoisotopic (exact) mass is 1270 g/mol. The molecule has 12 rings (SSSR count). The Labute approximate surface area is 438 Å². The first kappa shape index (κ1) is 46.7. The molecule has 8 aromatic rings. The number of aryl methyl sites for hydroxylation is 4. The summed E-state index contributed by atoms with van der Waals surface area (Å²) in [6.45, 7) is 18.8. The molecule has 0 unspecified atom stereocenters. The van der Waals surface area contributed by atoms with Crippen molar-refractivity contribution in [2.45, 2.75) is 34.6 Å². The first-order valence-electron chi connectivity index (χ1n) is 22.5. The first-order chi connectivity index (χ1) is 33.2. The van der Waals surface area contributed by atoms with Crippen LogP contribution in [0.3, 0.4) is 0 Å². The average molecular weight is 1270 g/mol. The zero-order valence-electron chi connectivity index (χ0n) is 38.9. The van der Waals surface area contributed by atoms with Crippen molar-refractivity contribution in [1.82, 2.24) is 14.5 Å². The van der Waals surface area contributed by atoms with Crippen LogP contribution in [0.2, 0.25) is 0 Å². The summed E-state index contributed by atoms with van der Waals surface area (Å²) in [6, 6.07) is 49.2. The third-order valence-corrected chi connectivity index (χ3v) is 12.6. The smallest absolute Gasteiger partial charge is 0.519 e. The second-order valence-electron chi connectivity index (χ2n) is 17.4. The zero-order valence-corrected chi connectivity index (χ0v) is 43.4. The number of rotatable bonds is 9. The van der Waals surface area contributed by atoms with Gasteiger partial charge in [0.2, 0.25) is 0 Å². The van der Waals surface area contributed by atoms with Crippen LogP contribution in [0, 0.1) is 85.6 Å². The summed E-state index contributed by atoms with van der Waals surface area (Å²) in [7, 11) is 0. The number of fused-ring (bicyclic) bond motifs is 3. The van der Waals surface area contributed by atoms with E-state index in [2.05, 4.69) is 228 Å². The predicted molar refractivity (Wildman–Crippen MR) is 275 cm³/mol. The van der Waals surface area contributed by atoms with Gasteiger partial charge in [0.05, 0.1) is 0 Å². The molecule has 0 atom stereocenters. The molecule has 0 bridgehead atoms. The van der Waals surface area contributed by atoms with Crippen LogP contribution in [0.25, 0.3) is 27.5 Å². The van der Waals surface area contributed by atoms with E-state index in [0.717, 1.165) is 61.5 Å². The number of hydrogen-bond acceptors (Lipinski definition) is 10. The van der Waals surface area contributed by atoms with E-state index in [4.69, 9.17) is 9.97 Å². The van der Waals surface area contributed by atoms with E-state index in [9.17, 15) is 0 Å². The van der Waals surface area contributed by atoms with E-state index in [-0.39, 0.29) is 42.1 Å². The summed E-state index contributed by atoms with van der Waals surface area (Å²) in [6.07, 6.45) is 20.2. The number of benzene rings is 5. The Kier molecular flexibility index (Phi) is 12.7. The maximum absolute atomic E-state index is 4.99. The van der Waals surface area contributed by atoms with Gasteiger partial charge in [-0.05, 0) is 126 Å². The van der Waals surface area contributed by atoms with Crippen LogP contribution in [0.4, 0.5) is 45.8 Å². The minimum absolute atomic E-state index is 0. The molecule has 11 nitrogen and oxygen atoms in total. The summed E-state index contributed by atoms with van der Waals surface area (Å²) < 4.78 is 2.15. The standard InChI is InChI=1S/C57H45N11.2Pt/c1-40-6-14-45(15-7-40)60-22-26-64(36-60)52-30-49(31-53(44(52)5)65-27-23-61(37-65)46-16-8-41(2)9-17-46)68-54-32-56(66-28-24-62(38-66)47-18-10-42(3)11-19-47)58-34-50(54)51-35-59-57(33-55(51)68)67-29-25-63(39-67)48-20-12-43(4)13-21-48;;/h6-29,34-39H,1-5H3;;/q-8;2*+4. The normalized spacial score (nSPS) is 15.2. The van der Waals surface area contributed by atoms with Crippen molar-refractivity contribution in [1.29, 1.82) is 0 Å². The maximum Gasteiger partial charge on any atom is 4.00 e. The summed E-state index contributed by atoms with van der Waals surface area (Å²) in [4.78, 5) is 26.6. The van der Waals surface area contributed by atoms with Crippen molar-refractivity contribution in [2.24, 2.45) is 0 Å². The Morgan fingerprint density at radius 2 is 0.643 bits per heavy atom.